The first-order valence-electron chi connectivity index (χ1n) is 4.87. The minimum Gasteiger partial charge on any atom is -0.396 e. The highest BCUT2D eigenvalue weighted by Crippen LogP contribution is 2.08. The van der Waals surface area contributed by atoms with Crippen molar-refractivity contribution in [2.75, 3.05) is 13.2 Å². The molecule has 0 saturated heterocycles. The monoisotopic (exact) mass is 187 g/mol. The van der Waals surface area contributed by atoms with Gasteiger partial charge in [0.25, 0.3) is 0 Å². The Morgan fingerprint density at radius 3 is 2.15 bits per heavy atom. The number of aliphatic hydroxyl groups excluding tert-OH is 1. The Morgan fingerprint density at radius 1 is 1.31 bits per heavy atom. The molecule has 0 bridgehead atoms. The fourth-order valence-corrected chi connectivity index (χ4v) is 0.947. The van der Waals surface area contributed by atoms with E-state index in [2.05, 4.69) is 5.32 Å². The zero-order chi connectivity index (χ0) is 10.4. The maximum absolute atomic E-state index is 11.2. The predicted octanol–water partition coefficient (Wildman–Crippen LogP) is 1.02. The summed E-state index contributed by atoms with van der Waals surface area (Å²) < 4.78 is 0. The highest BCUT2D eigenvalue weighted by atomic mass is 16.3. The van der Waals surface area contributed by atoms with Crippen LogP contribution in [0.2, 0.25) is 0 Å². The molecule has 1 amide bonds. The summed E-state index contributed by atoms with van der Waals surface area (Å²) in [7, 11) is 0. The Morgan fingerprint density at radius 2 is 1.85 bits per heavy atom. The zero-order valence-electron chi connectivity index (χ0n) is 9.00. The summed E-state index contributed by atoms with van der Waals surface area (Å²) in [5.41, 5.74) is 0. The van der Waals surface area contributed by atoms with Crippen LogP contribution in [0.15, 0.2) is 0 Å². The van der Waals surface area contributed by atoms with Crippen molar-refractivity contribution in [3.8, 4) is 0 Å². The third-order valence-corrected chi connectivity index (χ3v) is 2.24. The van der Waals surface area contributed by atoms with Crippen LogP contribution < -0.4 is 5.32 Å². The molecule has 0 saturated carbocycles. The van der Waals surface area contributed by atoms with E-state index in [0.717, 1.165) is 0 Å². The van der Waals surface area contributed by atoms with Crippen molar-refractivity contribution in [3.05, 3.63) is 0 Å². The molecule has 0 aliphatic rings. The van der Waals surface area contributed by atoms with Gasteiger partial charge in [-0.15, -0.1) is 0 Å². The summed E-state index contributed by atoms with van der Waals surface area (Å²) in [6.45, 7) is 8.52. The molecule has 1 atom stereocenters. The average Bonchev–Trinajstić information content (AvgIpc) is 2.04. The van der Waals surface area contributed by atoms with Gasteiger partial charge in [0.2, 0.25) is 5.91 Å². The van der Waals surface area contributed by atoms with Gasteiger partial charge in [-0.25, -0.2) is 0 Å². The number of nitrogens with one attached hydrogen (secondary N) is 1. The Kier molecular flexibility index (Phi) is 5.71. The molecule has 3 heteroatoms. The van der Waals surface area contributed by atoms with E-state index in [9.17, 15) is 4.79 Å². The number of amides is 1. The molecule has 0 spiro atoms. The van der Waals surface area contributed by atoms with Gasteiger partial charge in [0.05, 0.1) is 0 Å². The van der Waals surface area contributed by atoms with Crippen LogP contribution in [-0.2, 0) is 4.79 Å². The number of hydrogen-bond acceptors (Lipinski definition) is 2. The summed E-state index contributed by atoms with van der Waals surface area (Å²) in [6, 6.07) is 0. The number of hydrogen-bond donors (Lipinski definition) is 2. The fraction of sp³-hybridized carbons (Fsp3) is 0.900. The molecule has 0 heterocycles. The first kappa shape index (κ1) is 12.4. The largest absolute Gasteiger partial charge is 0.396 e. The molecule has 78 valence electrons. The second kappa shape index (κ2) is 5.97. The third-order valence-electron chi connectivity index (χ3n) is 2.24. The molecule has 13 heavy (non-hydrogen) atoms. The van der Waals surface area contributed by atoms with E-state index in [1.807, 2.05) is 27.7 Å². The SMILES string of the molecule is CC(C)C(=O)NCC(CO)C(C)C. The molecule has 0 rings (SSSR count). The van der Waals surface area contributed by atoms with Crippen LogP contribution in [0, 0.1) is 17.8 Å². The Labute approximate surface area is 80.5 Å². The van der Waals surface area contributed by atoms with Gasteiger partial charge >= 0.3 is 0 Å². The maximum Gasteiger partial charge on any atom is 0.222 e. The van der Waals surface area contributed by atoms with Crippen LogP contribution in [0.3, 0.4) is 0 Å². The van der Waals surface area contributed by atoms with Crippen LogP contribution in [0.1, 0.15) is 27.7 Å². The molecule has 0 aromatic rings. The Bertz CT molecular complexity index is 155. The third kappa shape index (κ3) is 4.88. The van der Waals surface area contributed by atoms with Gasteiger partial charge < -0.3 is 10.4 Å². The summed E-state index contributed by atoms with van der Waals surface area (Å²) in [5, 5.41) is 11.8. The topological polar surface area (TPSA) is 49.3 Å². The highest BCUT2D eigenvalue weighted by Gasteiger charge is 2.14. The Hall–Kier alpha value is -0.570. The standard InChI is InChI=1S/C10H21NO2/c1-7(2)9(6-12)5-11-10(13)8(3)4/h7-9,12H,5-6H2,1-4H3,(H,11,13). The first-order chi connectivity index (χ1) is 5.99. The molecule has 0 radical (unpaired) electrons. The smallest absolute Gasteiger partial charge is 0.222 e. The van der Waals surface area contributed by atoms with Crippen molar-refractivity contribution in [1.82, 2.24) is 5.32 Å². The van der Waals surface area contributed by atoms with E-state index in [-0.39, 0.29) is 24.3 Å². The normalized spacial score (nSPS) is 13.5. The molecule has 0 aromatic heterocycles. The van der Waals surface area contributed by atoms with Crippen molar-refractivity contribution in [2.24, 2.45) is 17.8 Å². The molecule has 0 fully saturated rings. The van der Waals surface area contributed by atoms with Gasteiger partial charge in [-0.2, -0.15) is 0 Å². The van der Waals surface area contributed by atoms with Crippen molar-refractivity contribution in [1.29, 1.82) is 0 Å². The molecule has 1 unspecified atom stereocenters. The number of rotatable bonds is 5. The van der Waals surface area contributed by atoms with Crippen molar-refractivity contribution >= 4 is 5.91 Å². The molecular weight excluding hydrogens is 166 g/mol. The van der Waals surface area contributed by atoms with E-state index < -0.39 is 0 Å². The van der Waals surface area contributed by atoms with E-state index in [0.29, 0.717) is 12.5 Å². The second-order valence-corrected chi connectivity index (χ2v) is 4.09. The van der Waals surface area contributed by atoms with E-state index in [4.69, 9.17) is 5.11 Å². The quantitative estimate of drug-likeness (QED) is 0.675. The summed E-state index contributed by atoms with van der Waals surface area (Å²) >= 11 is 0. The van der Waals surface area contributed by atoms with Crippen LogP contribution in [0.5, 0.6) is 0 Å². The van der Waals surface area contributed by atoms with Gasteiger partial charge in [-0.1, -0.05) is 27.7 Å². The van der Waals surface area contributed by atoms with Gasteiger partial charge in [-0.3, -0.25) is 4.79 Å². The van der Waals surface area contributed by atoms with Gasteiger partial charge in [-0.05, 0) is 5.92 Å². The lowest BCUT2D eigenvalue weighted by Gasteiger charge is -2.19. The van der Waals surface area contributed by atoms with Crippen molar-refractivity contribution in [2.45, 2.75) is 27.7 Å². The first-order valence-corrected chi connectivity index (χ1v) is 4.87. The van der Waals surface area contributed by atoms with Crippen LogP contribution >= 0.6 is 0 Å². The minimum atomic E-state index is 0.0199. The average molecular weight is 187 g/mol. The summed E-state index contributed by atoms with van der Waals surface area (Å²) in [5.74, 6) is 0.644. The molecular formula is C10H21NO2. The molecule has 0 aliphatic heterocycles. The lowest BCUT2D eigenvalue weighted by Crippen LogP contribution is -2.35. The maximum atomic E-state index is 11.2. The molecule has 0 aromatic carbocycles. The van der Waals surface area contributed by atoms with E-state index >= 15 is 0 Å². The van der Waals surface area contributed by atoms with Crippen LogP contribution in [0.25, 0.3) is 0 Å². The van der Waals surface area contributed by atoms with Crippen LogP contribution in [0.4, 0.5) is 0 Å². The lowest BCUT2D eigenvalue weighted by molar-refractivity contribution is -0.124. The second-order valence-electron chi connectivity index (χ2n) is 4.09. The van der Waals surface area contributed by atoms with Crippen molar-refractivity contribution < 1.29 is 9.90 Å². The summed E-state index contributed by atoms with van der Waals surface area (Å²) in [6.07, 6.45) is 0. The van der Waals surface area contributed by atoms with Crippen molar-refractivity contribution in [3.63, 3.8) is 0 Å². The van der Waals surface area contributed by atoms with Crippen LogP contribution in [-0.4, -0.2) is 24.2 Å². The molecule has 0 aliphatic carbocycles. The summed E-state index contributed by atoms with van der Waals surface area (Å²) in [4.78, 5) is 11.2. The fourth-order valence-electron chi connectivity index (χ4n) is 0.947. The predicted molar refractivity (Wildman–Crippen MR) is 53.3 cm³/mol. The lowest BCUT2D eigenvalue weighted by atomic mass is 9.97. The minimum absolute atomic E-state index is 0.0199. The number of carbonyl (C=O) groups is 1. The Balaban J connectivity index is 3.79. The number of aliphatic hydroxyl groups is 1. The van der Waals surface area contributed by atoms with Gasteiger partial charge in [0.15, 0.2) is 0 Å². The number of carbonyl (C=O) groups excluding carboxylic acids is 1. The van der Waals surface area contributed by atoms with E-state index in [1.165, 1.54) is 0 Å². The van der Waals surface area contributed by atoms with E-state index in [1.54, 1.807) is 0 Å². The highest BCUT2D eigenvalue weighted by molar-refractivity contribution is 5.77. The van der Waals surface area contributed by atoms with Gasteiger partial charge in [0, 0.05) is 25.0 Å². The zero-order valence-corrected chi connectivity index (χ0v) is 9.00. The van der Waals surface area contributed by atoms with Gasteiger partial charge in [0.1, 0.15) is 0 Å². The molecule has 2 N–H and O–H groups in total. The molecule has 3 nitrogen and oxygen atoms in total.